The number of benzene rings is 2. The van der Waals surface area contributed by atoms with Crippen LogP contribution in [0.2, 0.25) is 0 Å². The van der Waals surface area contributed by atoms with Crippen molar-refractivity contribution in [2.45, 2.75) is 18.6 Å². The molecule has 2 aliphatic heterocycles. The lowest BCUT2D eigenvalue weighted by molar-refractivity contribution is -0.127. The maximum Gasteiger partial charge on any atom is 0.246 e. The number of nitrogens with zero attached hydrogens (tertiary/aromatic N) is 1. The summed E-state index contributed by atoms with van der Waals surface area (Å²) in [5.41, 5.74) is 5.23. The zero-order chi connectivity index (χ0) is 16.7. The molecular formula is C18H17N3O3. The van der Waals surface area contributed by atoms with Gasteiger partial charge >= 0.3 is 0 Å². The molecule has 4 rings (SSSR count). The number of phenolic OH excluding ortho intramolecular Hbond substituents is 1. The van der Waals surface area contributed by atoms with Crippen LogP contribution in [0, 0.1) is 5.92 Å². The minimum atomic E-state index is -0.531. The average molecular weight is 323 g/mol. The molecule has 122 valence electrons. The first-order valence-electron chi connectivity index (χ1n) is 7.84. The van der Waals surface area contributed by atoms with Gasteiger partial charge in [0.05, 0.1) is 12.0 Å². The van der Waals surface area contributed by atoms with Crippen LogP contribution >= 0.6 is 0 Å². The van der Waals surface area contributed by atoms with Crippen molar-refractivity contribution in [3.63, 3.8) is 0 Å². The van der Waals surface area contributed by atoms with Gasteiger partial charge in [0, 0.05) is 6.54 Å². The van der Waals surface area contributed by atoms with Crippen LogP contribution in [0.25, 0.3) is 0 Å². The molecule has 2 fully saturated rings. The Morgan fingerprint density at radius 3 is 2.38 bits per heavy atom. The van der Waals surface area contributed by atoms with Gasteiger partial charge in [-0.25, -0.2) is 10.4 Å². The van der Waals surface area contributed by atoms with Crippen molar-refractivity contribution in [1.82, 2.24) is 15.8 Å². The van der Waals surface area contributed by atoms with Crippen molar-refractivity contribution in [1.29, 1.82) is 0 Å². The summed E-state index contributed by atoms with van der Waals surface area (Å²) in [6.45, 7) is 0.525. The molecular weight excluding hydrogens is 306 g/mol. The topological polar surface area (TPSA) is 81.7 Å². The van der Waals surface area contributed by atoms with Crippen LogP contribution in [-0.4, -0.2) is 28.0 Å². The quantitative estimate of drug-likeness (QED) is 0.737. The van der Waals surface area contributed by atoms with Crippen LogP contribution in [0.5, 0.6) is 5.75 Å². The first-order valence-corrected chi connectivity index (χ1v) is 7.84. The van der Waals surface area contributed by atoms with Crippen molar-refractivity contribution in [2.24, 2.45) is 5.92 Å². The molecule has 2 aromatic carbocycles. The summed E-state index contributed by atoms with van der Waals surface area (Å²) < 4.78 is 0. The Morgan fingerprint density at radius 1 is 0.958 bits per heavy atom. The second kappa shape index (κ2) is 5.74. The zero-order valence-electron chi connectivity index (χ0n) is 12.8. The zero-order valence-corrected chi connectivity index (χ0v) is 12.8. The molecule has 0 saturated carbocycles. The Kier molecular flexibility index (Phi) is 3.55. The molecule has 0 unspecified atom stereocenters. The first-order chi connectivity index (χ1) is 11.6. The van der Waals surface area contributed by atoms with Gasteiger partial charge < -0.3 is 5.11 Å². The van der Waals surface area contributed by atoms with Gasteiger partial charge in [-0.15, -0.1) is 0 Å². The van der Waals surface area contributed by atoms with Crippen molar-refractivity contribution in [3.05, 3.63) is 65.7 Å². The molecule has 0 bridgehead atoms. The number of hydrogen-bond donors (Lipinski definition) is 3. The molecule has 3 atom stereocenters. The van der Waals surface area contributed by atoms with E-state index in [0.717, 1.165) is 11.1 Å². The van der Waals surface area contributed by atoms with E-state index in [9.17, 15) is 14.7 Å². The van der Waals surface area contributed by atoms with Crippen LogP contribution in [-0.2, 0) is 16.1 Å². The highest BCUT2D eigenvalue weighted by Gasteiger charge is 2.54. The monoisotopic (exact) mass is 323 g/mol. The lowest BCUT2D eigenvalue weighted by Crippen LogP contribution is -2.43. The van der Waals surface area contributed by atoms with E-state index in [1.807, 2.05) is 35.3 Å². The van der Waals surface area contributed by atoms with E-state index < -0.39 is 12.0 Å². The van der Waals surface area contributed by atoms with E-state index in [4.69, 9.17) is 0 Å². The maximum absolute atomic E-state index is 12.3. The van der Waals surface area contributed by atoms with Crippen LogP contribution < -0.4 is 10.7 Å². The number of amides is 2. The van der Waals surface area contributed by atoms with Crippen molar-refractivity contribution in [3.8, 4) is 5.75 Å². The van der Waals surface area contributed by atoms with E-state index in [1.54, 1.807) is 24.3 Å². The minimum Gasteiger partial charge on any atom is -0.508 e. The second-order valence-electron chi connectivity index (χ2n) is 6.14. The molecule has 0 aromatic heterocycles. The van der Waals surface area contributed by atoms with Gasteiger partial charge in [0.25, 0.3) is 0 Å². The van der Waals surface area contributed by atoms with Crippen LogP contribution in [0.15, 0.2) is 54.6 Å². The predicted molar refractivity (Wildman–Crippen MR) is 86.4 cm³/mol. The van der Waals surface area contributed by atoms with Gasteiger partial charge in [-0.3, -0.25) is 14.9 Å². The van der Waals surface area contributed by atoms with E-state index in [-0.39, 0.29) is 23.6 Å². The Hall–Kier alpha value is -2.70. The largest absolute Gasteiger partial charge is 0.508 e. The van der Waals surface area contributed by atoms with E-state index in [0.29, 0.717) is 6.54 Å². The molecule has 2 aromatic rings. The van der Waals surface area contributed by atoms with E-state index in [1.165, 1.54) is 0 Å². The van der Waals surface area contributed by atoms with Gasteiger partial charge in [-0.1, -0.05) is 42.5 Å². The van der Waals surface area contributed by atoms with E-state index in [2.05, 4.69) is 10.7 Å². The molecule has 2 saturated heterocycles. The van der Waals surface area contributed by atoms with E-state index >= 15 is 0 Å². The van der Waals surface area contributed by atoms with Crippen molar-refractivity contribution >= 4 is 11.8 Å². The number of hydrazine groups is 1. The summed E-state index contributed by atoms with van der Waals surface area (Å²) >= 11 is 0. The Bertz CT molecular complexity index is 776. The number of hydrogen-bond acceptors (Lipinski definition) is 5. The van der Waals surface area contributed by atoms with Crippen molar-refractivity contribution < 1.29 is 14.7 Å². The number of rotatable bonds is 3. The molecule has 2 heterocycles. The third-order valence-electron chi connectivity index (χ3n) is 4.61. The normalized spacial score (nSPS) is 26.4. The fourth-order valence-electron chi connectivity index (χ4n) is 3.48. The standard InChI is InChI=1S/C18H17N3O3/c22-13-8-6-12(7-9-13)15-14-16(18(24)19-17(14)23)21(20-15)10-11-4-2-1-3-5-11/h1-9,14-16,20,22H,10H2,(H,19,23,24)/t14-,15-,16-/m1/s1. The summed E-state index contributed by atoms with van der Waals surface area (Å²) in [5, 5.41) is 13.7. The predicted octanol–water partition coefficient (Wildman–Crippen LogP) is 1.09. The lowest BCUT2D eigenvalue weighted by atomic mass is 9.91. The molecule has 6 nitrogen and oxygen atoms in total. The number of phenols is 1. The minimum absolute atomic E-state index is 0.168. The number of aromatic hydroxyl groups is 1. The lowest BCUT2D eigenvalue weighted by Gasteiger charge is -2.22. The number of carbonyl (C=O) groups excluding carboxylic acids is 2. The third kappa shape index (κ3) is 2.46. The molecule has 0 aliphatic carbocycles. The molecule has 0 spiro atoms. The summed E-state index contributed by atoms with van der Waals surface area (Å²) in [6, 6.07) is 15.7. The molecule has 0 radical (unpaired) electrons. The third-order valence-corrected chi connectivity index (χ3v) is 4.61. The van der Waals surface area contributed by atoms with Crippen molar-refractivity contribution in [2.75, 3.05) is 0 Å². The highest BCUT2D eigenvalue weighted by molar-refractivity contribution is 6.07. The fourth-order valence-corrected chi connectivity index (χ4v) is 3.48. The molecule has 6 heteroatoms. The molecule has 2 aliphatic rings. The smallest absolute Gasteiger partial charge is 0.246 e. The average Bonchev–Trinajstić information content (AvgIpc) is 3.09. The number of carbonyl (C=O) groups is 2. The number of fused-ring (bicyclic) bond motifs is 1. The first kappa shape index (κ1) is 14.9. The second-order valence-corrected chi connectivity index (χ2v) is 6.14. The Balaban J connectivity index is 1.66. The molecule has 2 amide bonds. The number of nitrogens with one attached hydrogen (secondary N) is 2. The van der Waals surface area contributed by atoms with Crippen LogP contribution in [0.1, 0.15) is 17.2 Å². The highest BCUT2D eigenvalue weighted by Crippen LogP contribution is 2.37. The fraction of sp³-hybridized carbons (Fsp3) is 0.222. The Morgan fingerprint density at radius 2 is 1.67 bits per heavy atom. The van der Waals surface area contributed by atoms with Gasteiger partial charge in [-0.2, -0.15) is 0 Å². The van der Waals surface area contributed by atoms with Gasteiger partial charge in [0.15, 0.2) is 0 Å². The summed E-state index contributed by atoms with van der Waals surface area (Å²) in [6.07, 6.45) is 0. The van der Waals surface area contributed by atoms with Crippen LogP contribution in [0.3, 0.4) is 0 Å². The highest BCUT2D eigenvalue weighted by atomic mass is 16.3. The maximum atomic E-state index is 12.3. The summed E-state index contributed by atoms with van der Waals surface area (Å²) in [4.78, 5) is 24.5. The van der Waals surface area contributed by atoms with Crippen LogP contribution in [0.4, 0.5) is 0 Å². The number of imide groups is 1. The van der Waals surface area contributed by atoms with Gasteiger partial charge in [0.1, 0.15) is 11.8 Å². The molecule has 24 heavy (non-hydrogen) atoms. The van der Waals surface area contributed by atoms with Gasteiger partial charge in [0.2, 0.25) is 11.8 Å². The summed E-state index contributed by atoms with van der Waals surface area (Å²) in [5.74, 6) is -0.840. The Labute approximate surface area is 139 Å². The van der Waals surface area contributed by atoms with Gasteiger partial charge in [-0.05, 0) is 23.3 Å². The summed E-state index contributed by atoms with van der Waals surface area (Å²) in [7, 11) is 0. The molecule has 3 N–H and O–H groups in total. The SMILES string of the molecule is O=C1NC(=O)[C@H]2[C@H]1[C@@H](c1ccc(O)cc1)NN2Cc1ccccc1.